The van der Waals surface area contributed by atoms with Crippen LogP contribution in [0.15, 0.2) is 36.9 Å². The Labute approximate surface area is 147 Å². The van der Waals surface area contributed by atoms with Gasteiger partial charge >= 0.3 is 0 Å². The Morgan fingerprint density at radius 3 is 3.16 bits per heavy atom. The molecule has 7 heteroatoms. The molecule has 1 unspecified atom stereocenters. The van der Waals surface area contributed by atoms with E-state index < -0.39 is 0 Å². The lowest BCUT2D eigenvalue weighted by atomic mass is 10.0. The second kappa shape index (κ2) is 7.14. The topological polar surface area (TPSA) is 71.2 Å². The number of hydrogen-bond acceptors (Lipinski definition) is 6. The van der Waals surface area contributed by atoms with E-state index in [0.717, 1.165) is 49.5 Å². The first-order valence-corrected chi connectivity index (χ1v) is 8.89. The van der Waals surface area contributed by atoms with Gasteiger partial charge in [-0.3, -0.25) is 9.88 Å². The number of anilines is 1. The quantitative estimate of drug-likeness (QED) is 0.769. The summed E-state index contributed by atoms with van der Waals surface area (Å²) in [5, 5.41) is 16.4. The van der Waals surface area contributed by atoms with E-state index in [9.17, 15) is 0 Å². The molecule has 4 rings (SSSR count). The Kier molecular flexibility index (Phi) is 4.56. The second-order valence-electron chi connectivity index (χ2n) is 6.58. The van der Waals surface area contributed by atoms with Crippen molar-refractivity contribution < 1.29 is 0 Å². The molecule has 4 heterocycles. The number of pyridine rings is 1. The van der Waals surface area contributed by atoms with Gasteiger partial charge in [-0.25, -0.2) is 0 Å². The number of fused-ring (bicyclic) bond motifs is 1. The lowest BCUT2D eigenvalue weighted by Crippen LogP contribution is -2.41. The molecule has 0 saturated carbocycles. The van der Waals surface area contributed by atoms with Gasteiger partial charge in [-0.15, -0.1) is 10.2 Å². The van der Waals surface area contributed by atoms with E-state index >= 15 is 0 Å². The van der Waals surface area contributed by atoms with Crippen LogP contribution in [0.4, 0.5) is 5.69 Å². The summed E-state index contributed by atoms with van der Waals surface area (Å²) in [6.07, 6.45) is 8.67. The van der Waals surface area contributed by atoms with Gasteiger partial charge in [-0.1, -0.05) is 13.0 Å². The summed E-state index contributed by atoms with van der Waals surface area (Å²) in [7, 11) is 0. The lowest BCUT2D eigenvalue weighted by Gasteiger charge is -2.33. The molecule has 0 spiro atoms. The highest BCUT2D eigenvalue weighted by Gasteiger charge is 2.21. The van der Waals surface area contributed by atoms with Gasteiger partial charge in [0.15, 0.2) is 0 Å². The van der Waals surface area contributed by atoms with Gasteiger partial charge in [-0.05, 0) is 43.5 Å². The zero-order valence-electron chi connectivity index (χ0n) is 14.5. The van der Waals surface area contributed by atoms with Crippen molar-refractivity contribution in [2.75, 3.05) is 18.4 Å². The molecule has 1 atom stereocenters. The highest BCUT2D eigenvalue weighted by molar-refractivity contribution is 5.67. The maximum Gasteiger partial charge on any atom is 0.200 e. The van der Waals surface area contributed by atoms with Crippen LogP contribution >= 0.6 is 0 Å². The van der Waals surface area contributed by atoms with Crippen LogP contribution in [0.3, 0.4) is 0 Å². The fraction of sp³-hybridized carbons (Fsp3) is 0.444. The summed E-state index contributed by atoms with van der Waals surface area (Å²) in [6, 6.07) is 6.64. The first-order valence-electron chi connectivity index (χ1n) is 8.89. The monoisotopic (exact) mass is 337 g/mol. The van der Waals surface area contributed by atoms with Crippen LogP contribution in [0.25, 0.3) is 5.65 Å². The number of piperidine rings is 1. The molecule has 7 nitrogen and oxygen atoms in total. The summed E-state index contributed by atoms with van der Waals surface area (Å²) in [5.74, 6) is 0. The zero-order chi connectivity index (χ0) is 17.1. The summed E-state index contributed by atoms with van der Waals surface area (Å²) >= 11 is 0. The Bertz CT molecular complexity index is 830. The van der Waals surface area contributed by atoms with E-state index in [1.807, 2.05) is 18.5 Å². The van der Waals surface area contributed by atoms with Gasteiger partial charge in [0.05, 0.1) is 11.4 Å². The minimum Gasteiger partial charge on any atom is -0.378 e. The number of nitrogens with one attached hydrogen (secondary N) is 1. The first kappa shape index (κ1) is 16.0. The molecule has 0 amide bonds. The van der Waals surface area contributed by atoms with Crippen molar-refractivity contribution in [1.29, 1.82) is 0 Å². The summed E-state index contributed by atoms with van der Waals surface area (Å²) in [5.41, 5.74) is 4.12. The molecule has 0 aliphatic carbocycles. The molecule has 25 heavy (non-hydrogen) atoms. The van der Waals surface area contributed by atoms with E-state index in [-0.39, 0.29) is 0 Å². The van der Waals surface area contributed by atoms with Crippen molar-refractivity contribution in [1.82, 2.24) is 29.7 Å². The van der Waals surface area contributed by atoms with E-state index in [1.165, 1.54) is 12.0 Å². The number of hydrogen-bond donors (Lipinski definition) is 1. The SMILES string of the molecule is CCc1cc(NC2CCCN(Cc3cccnc3)C2)c2nncn2n1. The average molecular weight is 337 g/mol. The molecule has 1 aliphatic rings. The third-order valence-corrected chi connectivity index (χ3v) is 4.67. The van der Waals surface area contributed by atoms with Crippen LogP contribution in [0.5, 0.6) is 0 Å². The molecule has 0 radical (unpaired) electrons. The lowest BCUT2D eigenvalue weighted by molar-refractivity contribution is 0.208. The molecule has 1 N–H and O–H groups in total. The smallest absolute Gasteiger partial charge is 0.200 e. The maximum atomic E-state index is 4.51. The van der Waals surface area contributed by atoms with Crippen molar-refractivity contribution in [2.45, 2.75) is 38.8 Å². The fourth-order valence-electron chi connectivity index (χ4n) is 3.44. The normalized spacial score (nSPS) is 18.5. The number of nitrogens with zero attached hydrogens (tertiary/aromatic N) is 6. The van der Waals surface area contributed by atoms with Gasteiger partial charge in [0.2, 0.25) is 5.65 Å². The van der Waals surface area contributed by atoms with Crippen molar-refractivity contribution in [2.24, 2.45) is 0 Å². The van der Waals surface area contributed by atoms with Gasteiger partial charge in [-0.2, -0.15) is 9.61 Å². The van der Waals surface area contributed by atoms with Gasteiger partial charge in [0.1, 0.15) is 6.33 Å². The number of aromatic nitrogens is 5. The van der Waals surface area contributed by atoms with Gasteiger partial charge < -0.3 is 5.32 Å². The third kappa shape index (κ3) is 3.61. The van der Waals surface area contributed by atoms with Crippen LogP contribution in [-0.4, -0.2) is 48.8 Å². The highest BCUT2D eigenvalue weighted by atomic mass is 15.3. The Morgan fingerprint density at radius 2 is 2.32 bits per heavy atom. The van der Waals surface area contributed by atoms with E-state index in [2.05, 4.69) is 49.6 Å². The summed E-state index contributed by atoms with van der Waals surface area (Å²) in [4.78, 5) is 6.70. The molecule has 1 fully saturated rings. The maximum absolute atomic E-state index is 4.51. The molecule has 3 aromatic heterocycles. The molecule has 0 bridgehead atoms. The predicted octanol–water partition coefficient (Wildman–Crippen LogP) is 2.16. The predicted molar refractivity (Wildman–Crippen MR) is 96.3 cm³/mol. The number of aryl methyl sites for hydroxylation is 1. The molecule has 130 valence electrons. The molecule has 1 saturated heterocycles. The standard InChI is InChI=1S/C18H23N7/c1-2-15-9-17(18-22-20-13-25(18)23-15)21-16-6-4-8-24(12-16)11-14-5-3-7-19-10-14/h3,5,7,9-10,13,16,21H,2,4,6,8,11-12H2,1H3. The number of rotatable bonds is 5. The second-order valence-corrected chi connectivity index (χ2v) is 6.58. The minimum atomic E-state index is 0.401. The van der Waals surface area contributed by atoms with Gasteiger partial charge in [0, 0.05) is 31.5 Å². The largest absolute Gasteiger partial charge is 0.378 e. The first-order chi connectivity index (χ1) is 12.3. The summed E-state index contributed by atoms with van der Waals surface area (Å²) < 4.78 is 1.76. The van der Waals surface area contributed by atoms with Crippen LogP contribution in [0, 0.1) is 0 Å². The van der Waals surface area contributed by atoms with Crippen LogP contribution in [0.1, 0.15) is 31.0 Å². The highest BCUT2D eigenvalue weighted by Crippen LogP contribution is 2.21. The zero-order valence-corrected chi connectivity index (χ0v) is 14.5. The van der Waals surface area contributed by atoms with E-state index in [4.69, 9.17) is 0 Å². The molecule has 1 aliphatic heterocycles. The van der Waals surface area contributed by atoms with Crippen LogP contribution in [0.2, 0.25) is 0 Å². The van der Waals surface area contributed by atoms with Gasteiger partial charge in [0.25, 0.3) is 0 Å². The summed E-state index contributed by atoms with van der Waals surface area (Å²) in [6.45, 7) is 5.20. The molecule has 0 aromatic carbocycles. The molecular formula is C18H23N7. The molecular weight excluding hydrogens is 314 g/mol. The van der Waals surface area contributed by atoms with Crippen LogP contribution < -0.4 is 5.32 Å². The minimum absolute atomic E-state index is 0.401. The Morgan fingerprint density at radius 1 is 1.36 bits per heavy atom. The van der Waals surface area contributed by atoms with Crippen molar-refractivity contribution in [3.8, 4) is 0 Å². The fourth-order valence-corrected chi connectivity index (χ4v) is 3.44. The average Bonchev–Trinajstić information content (AvgIpc) is 3.12. The number of likely N-dealkylation sites (tertiary alicyclic amines) is 1. The van der Waals surface area contributed by atoms with E-state index in [1.54, 1.807) is 10.8 Å². The van der Waals surface area contributed by atoms with Crippen LogP contribution in [-0.2, 0) is 13.0 Å². The Hall–Kier alpha value is -2.54. The van der Waals surface area contributed by atoms with Crippen molar-refractivity contribution in [3.05, 3.63) is 48.2 Å². The third-order valence-electron chi connectivity index (χ3n) is 4.67. The Balaban J connectivity index is 1.48. The van der Waals surface area contributed by atoms with Crippen molar-refractivity contribution >= 4 is 11.3 Å². The van der Waals surface area contributed by atoms with E-state index in [0.29, 0.717) is 6.04 Å². The molecule has 3 aromatic rings. The van der Waals surface area contributed by atoms with Crippen molar-refractivity contribution in [3.63, 3.8) is 0 Å².